The molecular weight excluding hydrogens is 323 g/mol. The lowest BCUT2D eigenvalue weighted by molar-refractivity contribution is -0.137. The first-order chi connectivity index (χ1) is 12.1. The Morgan fingerprint density at radius 2 is 2.08 bits per heavy atom. The van der Waals surface area contributed by atoms with Gasteiger partial charge in [0.05, 0.1) is 0 Å². The van der Waals surface area contributed by atoms with Crippen molar-refractivity contribution in [3.8, 4) is 5.69 Å². The third kappa shape index (κ3) is 3.14. The minimum Gasteiger partial charge on any atom is -0.330 e. The first kappa shape index (κ1) is 15.8. The van der Waals surface area contributed by atoms with Crippen molar-refractivity contribution in [2.45, 2.75) is 31.7 Å². The smallest absolute Gasteiger partial charge is 0.247 e. The molecule has 0 bridgehead atoms. The van der Waals surface area contributed by atoms with Crippen LogP contribution in [0.2, 0.25) is 0 Å². The van der Waals surface area contributed by atoms with Gasteiger partial charge in [-0.15, -0.1) is 0 Å². The van der Waals surface area contributed by atoms with Crippen LogP contribution in [-0.2, 0) is 9.59 Å². The van der Waals surface area contributed by atoms with Gasteiger partial charge in [-0.1, -0.05) is 0 Å². The van der Waals surface area contributed by atoms with Crippen molar-refractivity contribution in [2.24, 2.45) is 5.92 Å². The summed E-state index contributed by atoms with van der Waals surface area (Å²) in [5, 5.41) is 6.74. The lowest BCUT2D eigenvalue weighted by atomic mass is 10.2. The quantitative estimate of drug-likeness (QED) is 0.927. The van der Waals surface area contributed by atoms with E-state index in [1.165, 1.54) is 10.7 Å². The first-order valence-electron chi connectivity index (χ1n) is 8.54. The van der Waals surface area contributed by atoms with Gasteiger partial charge in [0.2, 0.25) is 11.8 Å². The Morgan fingerprint density at radius 3 is 2.76 bits per heavy atom. The standard InChI is InChI=1S/C18H19FN4O2/c19-14-11-13(6-7-15(14)23-10-2-8-20-23)21-17(24)16-3-1-9-22(16)18(25)12-4-5-12/h2,6-8,10-12,16H,1,3-5,9H2,(H,21,24)/t16-/m1/s1. The van der Waals surface area contributed by atoms with Crippen LogP contribution >= 0.6 is 0 Å². The predicted molar refractivity (Wildman–Crippen MR) is 89.6 cm³/mol. The highest BCUT2D eigenvalue weighted by atomic mass is 19.1. The average molecular weight is 342 g/mol. The molecule has 130 valence electrons. The van der Waals surface area contributed by atoms with Gasteiger partial charge >= 0.3 is 0 Å². The second-order valence-electron chi connectivity index (χ2n) is 6.57. The molecule has 1 aromatic carbocycles. The number of hydrogen-bond acceptors (Lipinski definition) is 3. The van der Waals surface area contributed by atoms with Gasteiger partial charge in [-0.25, -0.2) is 9.07 Å². The van der Waals surface area contributed by atoms with Crippen LogP contribution in [0.25, 0.3) is 5.69 Å². The Morgan fingerprint density at radius 1 is 1.24 bits per heavy atom. The number of nitrogens with one attached hydrogen (secondary N) is 1. The molecule has 1 N–H and O–H groups in total. The van der Waals surface area contributed by atoms with Crippen molar-refractivity contribution in [1.29, 1.82) is 0 Å². The predicted octanol–water partition coefficient (Wildman–Crippen LogP) is 2.35. The first-order valence-corrected chi connectivity index (χ1v) is 8.54. The molecule has 2 amide bonds. The van der Waals surface area contributed by atoms with E-state index in [0.29, 0.717) is 24.3 Å². The summed E-state index contributed by atoms with van der Waals surface area (Å²) < 4.78 is 15.7. The lowest BCUT2D eigenvalue weighted by Gasteiger charge is -2.24. The fraction of sp³-hybridized carbons (Fsp3) is 0.389. The zero-order valence-electron chi connectivity index (χ0n) is 13.7. The summed E-state index contributed by atoms with van der Waals surface area (Å²) in [5.74, 6) is -0.548. The molecule has 1 saturated heterocycles. The highest BCUT2D eigenvalue weighted by Crippen LogP contribution is 2.34. The number of carbonyl (C=O) groups excluding carboxylic acids is 2. The Hall–Kier alpha value is -2.70. The van der Waals surface area contributed by atoms with Crippen LogP contribution < -0.4 is 5.32 Å². The van der Waals surface area contributed by atoms with Crippen molar-refractivity contribution >= 4 is 17.5 Å². The summed E-state index contributed by atoms with van der Waals surface area (Å²) in [4.78, 5) is 26.5. The third-order valence-corrected chi connectivity index (χ3v) is 4.73. The minimum atomic E-state index is -0.473. The second-order valence-corrected chi connectivity index (χ2v) is 6.57. The molecule has 25 heavy (non-hydrogen) atoms. The van der Waals surface area contributed by atoms with Gasteiger partial charge in [0, 0.05) is 30.5 Å². The molecular formula is C18H19FN4O2. The molecule has 2 aliphatic rings. The van der Waals surface area contributed by atoms with E-state index in [1.54, 1.807) is 35.5 Å². The largest absolute Gasteiger partial charge is 0.330 e. The molecule has 1 aliphatic heterocycles. The number of likely N-dealkylation sites (tertiary alicyclic amines) is 1. The highest BCUT2D eigenvalue weighted by Gasteiger charge is 2.40. The molecule has 7 heteroatoms. The summed E-state index contributed by atoms with van der Waals surface area (Å²) >= 11 is 0. The summed E-state index contributed by atoms with van der Waals surface area (Å²) in [7, 11) is 0. The number of anilines is 1. The molecule has 0 spiro atoms. The van der Waals surface area contributed by atoms with Crippen molar-refractivity contribution < 1.29 is 14.0 Å². The van der Waals surface area contributed by atoms with E-state index in [0.717, 1.165) is 19.3 Å². The van der Waals surface area contributed by atoms with E-state index >= 15 is 0 Å². The normalized spacial score (nSPS) is 19.9. The van der Waals surface area contributed by atoms with E-state index in [2.05, 4.69) is 10.4 Å². The zero-order valence-corrected chi connectivity index (χ0v) is 13.7. The van der Waals surface area contributed by atoms with Crippen molar-refractivity contribution in [3.63, 3.8) is 0 Å². The van der Waals surface area contributed by atoms with Crippen LogP contribution in [0.15, 0.2) is 36.7 Å². The number of aromatic nitrogens is 2. The Kier molecular flexibility index (Phi) is 3.99. The molecule has 1 atom stereocenters. The van der Waals surface area contributed by atoms with Gasteiger partial charge in [0.1, 0.15) is 11.7 Å². The molecule has 4 rings (SSSR count). The van der Waals surface area contributed by atoms with Crippen LogP contribution in [0.4, 0.5) is 10.1 Å². The topological polar surface area (TPSA) is 67.2 Å². The second kappa shape index (κ2) is 6.31. The van der Waals surface area contributed by atoms with Crippen LogP contribution in [0, 0.1) is 11.7 Å². The number of hydrogen-bond donors (Lipinski definition) is 1. The number of carbonyl (C=O) groups is 2. The van der Waals surface area contributed by atoms with Crippen LogP contribution in [0.1, 0.15) is 25.7 Å². The van der Waals surface area contributed by atoms with Gasteiger partial charge in [-0.05, 0) is 49.9 Å². The maximum Gasteiger partial charge on any atom is 0.247 e. The number of nitrogens with zero attached hydrogens (tertiary/aromatic N) is 3. The van der Waals surface area contributed by atoms with E-state index in [-0.39, 0.29) is 17.7 Å². The molecule has 6 nitrogen and oxygen atoms in total. The van der Waals surface area contributed by atoms with E-state index < -0.39 is 11.9 Å². The molecule has 2 heterocycles. The van der Waals surface area contributed by atoms with E-state index in [9.17, 15) is 14.0 Å². The Balaban J connectivity index is 1.47. The number of amides is 2. The van der Waals surface area contributed by atoms with Gasteiger partial charge in [-0.3, -0.25) is 9.59 Å². The summed E-state index contributed by atoms with van der Waals surface area (Å²) in [6.07, 6.45) is 6.53. The monoisotopic (exact) mass is 342 g/mol. The SMILES string of the molecule is O=C(Nc1ccc(-n2cccn2)c(F)c1)[C@H]1CCCN1C(=O)C1CC1. The molecule has 1 aliphatic carbocycles. The maximum absolute atomic E-state index is 14.3. The van der Waals surface area contributed by atoms with Gasteiger partial charge < -0.3 is 10.2 Å². The van der Waals surface area contributed by atoms with Crippen LogP contribution in [0.3, 0.4) is 0 Å². The fourth-order valence-electron chi connectivity index (χ4n) is 3.28. The number of benzene rings is 1. The zero-order chi connectivity index (χ0) is 17.4. The molecule has 1 aromatic heterocycles. The van der Waals surface area contributed by atoms with Gasteiger partial charge in [0.25, 0.3) is 0 Å². The van der Waals surface area contributed by atoms with Crippen molar-refractivity contribution in [1.82, 2.24) is 14.7 Å². The van der Waals surface area contributed by atoms with Crippen molar-refractivity contribution in [2.75, 3.05) is 11.9 Å². The van der Waals surface area contributed by atoms with Crippen LogP contribution in [0.5, 0.6) is 0 Å². The molecule has 2 fully saturated rings. The molecule has 0 unspecified atom stereocenters. The minimum absolute atomic E-state index is 0.0814. The molecule has 1 saturated carbocycles. The number of rotatable bonds is 4. The Bertz CT molecular complexity index is 801. The Labute approximate surface area is 144 Å². The summed E-state index contributed by atoms with van der Waals surface area (Å²) in [6.45, 7) is 0.625. The molecule has 2 aromatic rings. The third-order valence-electron chi connectivity index (χ3n) is 4.73. The highest BCUT2D eigenvalue weighted by molar-refractivity contribution is 5.98. The maximum atomic E-state index is 14.3. The fourth-order valence-corrected chi connectivity index (χ4v) is 3.28. The van der Waals surface area contributed by atoms with Crippen LogP contribution in [-0.4, -0.2) is 39.1 Å². The lowest BCUT2D eigenvalue weighted by Crippen LogP contribution is -2.43. The van der Waals surface area contributed by atoms with Crippen molar-refractivity contribution in [3.05, 3.63) is 42.5 Å². The van der Waals surface area contributed by atoms with Gasteiger partial charge in [-0.2, -0.15) is 5.10 Å². The number of halogens is 1. The van der Waals surface area contributed by atoms with E-state index in [4.69, 9.17) is 0 Å². The van der Waals surface area contributed by atoms with Gasteiger partial charge in [0.15, 0.2) is 5.82 Å². The summed E-state index contributed by atoms with van der Waals surface area (Å²) in [6, 6.07) is 5.74. The average Bonchev–Trinajstić information content (AvgIpc) is 3.10. The van der Waals surface area contributed by atoms with E-state index in [1.807, 2.05) is 0 Å². The molecule has 0 radical (unpaired) electrons. The summed E-state index contributed by atoms with van der Waals surface area (Å²) in [5.41, 5.74) is 0.693.